The first-order valence-corrected chi connectivity index (χ1v) is 13.4. The number of hydrogen-bond acceptors (Lipinski definition) is 6. The minimum absolute atomic E-state index is 0.0321. The standard InChI is InChI=1S/C27H30N2O6S/c1-27(2,3)35-26(32)28-15-20-14-24(30)29(4)16-23(20)22-13-18(17-36(5,33)34)11-12-21(22)25(31)19-9-7-6-8-10-19/h6-14,16H,15,17H2,1-5H3,(H,28,32). The molecule has 0 spiro atoms. The molecule has 1 aromatic heterocycles. The first kappa shape index (κ1) is 26.9. The number of ketones is 1. The van der Waals surface area contributed by atoms with Gasteiger partial charge in [-0.05, 0) is 43.5 Å². The van der Waals surface area contributed by atoms with Crippen molar-refractivity contribution in [1.29, 1.82) is 0 Å². The fourth-order valence-corrected chi connectivity index (χ4v) is 4.47. The maximum Gasteiger partial charge on any atom is 0.407 e. The maximum atomic E-state index is 13.4. The Morgan fingerprint density at radius 3 is 2.28 bits per heavy atom. The third-order valence-corrected chi connectivity index (χ3v) is 6.08. The predicted molar refractivity (Wildman–Crippen MR) is 139 cm³/mol. The minimum atomic E-state index is -3.34. The summed E-state index contributed by atoms with van der Waals surface area (Å²) >= 11 is 0. The molecule has 0 aliphatic carbocycles. The minimum Gasteiger partial charge on any atom is -0.444 e. The third-order valence-electron chi connectivity index (χ3n) is 5.22. The van der Waals surface area contributed by atoms with Crippen molar-refractivity contribution in [2.75, 3.05) is 6.26 Å². The van der Waals surface area contributed by atoms with Crippen LogP contribution in [0.15, 0.2) is 65.6 Å². The number of nitrogens with zero attached hydrogens (tertiary/aromatic N) is 1. The van der Waals surface area contributed by atoms with Gasteiger partial charge in [0.25, 0.3) is 5.56 Å². The second-order valence-electron chi connectivity index (χ2n) is 9.66. The molecular formula is C27H30N2O6S. The van der Waals surface area contributed by atoms with E-state index in [2.05, 4.69) is 5.32 Å². The molecule has 2 aromatic carbocycles. The van der Waals surface area contributed by atoms with E-state index in [-0.39, 0.29) is 23.6 Å². The number of hydrogen-bond donors (Lipinski definition) is 1. The molecule has 0 saturated heterocycles. The van der Waals surface area contributed by atoms with E-state index in [1.165, 1.54) is 10.6 Å². The summed E-state index contributed by atoms with van der Waals surface area (Å²) in [7, 11) is -1.76. The van der Waals surface area contributed by atoms with E-state index in [0.29, 0.717) is 33.4 Å². The van der Waals surface area contributed by atoms with Crippen molar-refractivity contribution in [1.82, 2.24) is 9.88 Å². The summed E-state index contributed by atoms with van der Waals surface area (Å²) in [5, 5.41) is 2.66. The lowest BCUT2D eigenvalue weighted by Gasteiger charge is -2.20. The van der Waals surface area contributed by atoms with Crippen molar-refractivity contribution in [3.8, 4) is 11.1 Å². The van der Waals surface area contributed by atoms with Gasteiger partial charge >= 0.3 is 6.09 Å². The van der Waals surface area contributed by atoms with Crippen LogP contribution in [0.1, 0.15) is 47.8 Å². The van der Waals surface area contributed by atoms with Crippen molar-refractivity contribution in [2.45, 2.75) is 38.7 Å². The van der Waals surface area contributed by atoms with Gasteiger partial charge in [-0.1, -0.05) is 42.5 Å². The van der Waals surface area contributed by atoms with Crippen molar-refractivity contribution in [3.63, 3.8) is 0 Å². The van der Waals surface area contributed by atoms with E-state index < -0.39 is 21.5 Å². The van der Waals surface area contributed by atoms with Gasteiger partial charge in [0.05, 0.1) is 5.75 Å². The molecule has 0 fully saturated rings. The number of pyridine rings is 1. The van der Waals surface area contributed by atoms with Crippen LogP contribution in [0.5, 0.6) is 0 Å². The lowest BCUT2D eigenvalue weighted by molar-refractivity contribution is 0.0523. The zero-order valence-corrected chi connectivity index (χ0v) is 21.8. The van der Waals surface area contributed by atoms with Gasteiger partial charge in [-0.3, -0.25) is 9.59 Å². The lowest BCUT2D eigenvalue weighted by Crippen LogP contribution is -2.32. The van der Waals surface area contributed by atoms with Crippen LogP contribution < -0.4 is 10.9 Å². The molecule has 3 aromatic rings. The Morgan fingerprint density at radius 1 is 1.00 bits per heavy atom. The molecule has 0 radical (unpaired) electrons. The number of carbonyl (C=O) groups excluding carboxylic acids is 2. The SMILES string of the molecule is Cn1cc(-c2cc(CS(C)(=O)=O)ccc2C(=O)c2ccccc2)c(CNC(=O)OC(C)(C)C)cc1=O. The van der Waals surface area contributed by atoms with E-state index in [4.69, 9.17) is 4.74 Å². The highest BCUT2D eigenvalue weighted by Gasteiger charge is 2.21. The largest absolute Gasteiger partial charge is 0.444 e. The van der Waals surface area contributed by atoms with E-state index in [1.807, 2.05) is 0 Å². The van der Waals surface area contributed by atoms with Gasteiger partial charge in [0, 0.05) is 48.8 Å². The van der Waals surface area contributed by atoms with Gasteiger partial charge in [0.15, 0.2) is 15.6 Å². The number of benzene rings is 2. The van der Waals surface area contributed by atoms with Crippen molar-refractivity contribution >= 4 is 21.7 Å². The normalized spacial score (nSPS) is 11.7. The van der Waals surface area contributed by atoms with Crippen LogP contribution in [0.25, 0.3) is 11.1 Å². The Hall–Kier alpha value is -3.72. The molecular weight excluding hydrogens is 480 g/mol. The number of carbonyl (C=O) groups is 2. The molecule has 9 heteroatoms. The Morgan fingerprint density at radius 2 is 1.67 bits per heavy atom. The molecule has 3 rings (SSSR count). The van der Waals surface area contributed by atoms with Gasteiger partial charge < -0.3 is 14.6 Å². The molecule has 0 unspecified atom stereocenters. The lowest BCUT2D eigenvalue weighted by atomic mass is 9.91. The molecule has 0 aliphatic rings. The summed E-state index contributed by atoms with van der Waals surface area (Å²) in [5.41, 5.74) is 1.74. The van der Waals surface area contributed by atoms with Crippen LogP contribution in [0.3, 0.4) is 0 Å². The summed E-state index contributed by atoms with van der Waals surface area (Å²) in [4.78, 5) is 38.2. The average Bonchev–Trinajstić information content (AvgIpc) is 2.77. The van der Waals surface area contributed by atoms with Crippen LogP contribution in [0.4, 0.5) is 4.79 Å². The predicted octanol–water partition coefficient (Wildman–Crippen LogP) is 3.85. The first-order chi connectivity index (χ1) is 16.7. The number of aryl methyl sites for hydroxylation is 1. The molecule has 190 valence electrons. The topological polar surface area (TPSA) is 112 Å². The molecule has 1 N–H and O–H groups in total. The molecule has 0 saturated carbocycles. The summed E-state index contributed by atoms with van der Waals surface area (Å²) in [6.45, 7) is 5.19. The van der Waals surface area contributed by atoms with Gasteiger partial charge in [-0.15, -0.1) is 0 Å². The van der Waals surface area contributed by atoms with E-state index in [0.717, 1.165) is 6.26 Å². The summed E-state index contributed by atoms with van der Waals surface area (Å²) in [6, 6.07) is 15.0. The van der Waals surface area contributed by atoms with Crippen LogP contribution >= 0.6 is 0 Å². The zero-order chi connectivity index (χ0) is 26.7. The molecule has 36 heavy (non-hydrogen) atoms. The number of rotatable bonds is 7. The number of alkyl carbamates (subject to hydrolysis) is 1. The Balaban J connectivity index is 2.16. The van der Waals surface area contributed by atoms with E-state index >= 15 is 0 Å². The highest BCUT2D eigenvalue weighted by atomic mass is 32.2. The molecule has 8 nitrogen and oxygen atoms in total. The van der Waals surface area contributed by atoms with E-state index in [1.54, 1.807) is 82.5 Å². The first-order valence-electron chi connectivity index (χ1n) is 11.3. The summed E-state index contributed by atoms with van der Waals surface area (Å²) < 4.78 is 30.6. The Kier molecular flexibility index (Phi) is 7.83. The average molecular weight is 511 g/mol. The number of ether oxygens (including phenoxy) is 1. The van der Waals surface area contributed by atoms with Crippen molar-refractivity contribution in [3.05, 3.63) is 93.4 Å². The number of sulfone groups is 1. The molecule has 0 aliphatic heterocycles. The summed E-state index contributed by atoms with van der Waals surface area (Å²) in [5.74, 6) is -0.465. The molecule has 0 atom stereocenters. The highest BCUT2D eigenvalue weighted by molar-refractivity contribution is 7.89. The number of aromatic nitrogens is 1. The quantitative estimate of drug-likeness (QED) is 0.483. The third kappa shape index (κ3) is 7.14. The van der Waals surface area contributed by atoms with Gasteiger partial charge in [-0.2, -0.15) is 0 Å². The van der Waals surface area contributed by atoms with Gasteiger partial charge in [-0.25, -0.2) is 13.2 Å². The van der Waals surface area contributed by atoms with Crippen LogP contribution in [0, 0.1) is 0 Å². The maximum absolute atomic E-state index is 13.4. The molecule has 1 amide bonds. The van der Waals surface area contributed by atoms with Crippen LogP contribution in [-0.2, 0) is 33.9 Å². The number of amides is 1. The second-order valence-corrected chi connectivity index (χ2v) is 11.8. The van der Waals surface area contributed by atoms with E-state index in [9.17, 15) is 22.8 Å². The van der Waals surface area contributed by atoms with Crippen molar-refractivity contribution < 1.29 is 22.7 Å². The summed E-state index contributed by atoms with van der Waals surface area (Å²) in [6.07, 6.45) is 2.06. The molecule has 1 heterocycles. The van der Waals surface area contributed by atoms with Gasteiger partial charge in [0.2, 0.25) is 0 Å². The van der Waals surface area contributed by atoms with Crippen LogP contribution in [-0.4, -0.2) is 36.7 Å². The smallest absolute Gasteiger partial charge is 0.407 e. The van der Waals surface area contributed by atoms with Gasteiger partial charge in [0.1, 0.15) is 5.60 Å². The highest BCUT2D eigenvalue weighted by Crippen LogP contribution is 2.30. The van der Waals surface area contributed by atoms with Crippen molar-refractivity contribution in [2.24, 2.45) is 7.05 Å². The Bertz CT molecular complexity index is 1450. The second kappa shape index (κ2) is 10.5. The Labute approximate surface area is 210 Å². The fourth-order valence-electron chi connectivity index (χ4n) is 3.69. The zero-order valence-electron chi connectivity index (χ0n) is 21.0. The fraction of sp³-hybridized carbons (Fsp3) is 0.296. The monoisotopic (exact) mass is 510 g/mol. The van der Waals surface area contributed by atoms with Crippen LogP contribution in [0.2, 0.25) is 0 Å². The number of nitrogens with one attached hydrogen (secondary N) is 1. The molecule has 0 bridgehead atoms.